The highest BCUT2D eigenvalue weighted by Crippen LogP contribution is 2.43. The lowest BCUT2D eigenvalue weighted by molar-refractivity contribution is -0.122. The van der Waals surface area contributed by atoms with Crippen molar-refractivity contribution in [1.82, 2.24) is 9.80 Å². The summed E-state index contributed by atoms with van der Waals surface area (Å²) in [5.41, 5.74) is 1.17. The summed E-state index contributed by atoms with van der Waals surface area (Å²) in [6.07, 6.45) is 0. The van der Waals surface area contributed by atoms with E-state index in [0.717, 1.165) is 11.6 Å². The Bertz CT molecular complexity index is 482. The molecule has 1 amide bonds. The normalized spacial score (nSPS) is 24.4. The zero-order chi connectivity index (χ0) is 13.4. The number of carbonyl (C=O) groups excluding carboxylic acids is 1. The molecule has 1 fully saturated rings. The second-order valence-corrected chi connectivity index (χ2v) is 5.59. The van der Waals surface area contributed by atoms with Gasteiger partial charge in [-0.05, 0) is 39.9 Å². The lowest BCUT2D eigenvalue weighted by Gasteiger charge is -2.19. The first-order chi connectivity index (χ1) is 8.51. The lowest BCUT2D eigenvalue weighted by atomic mass is 10.3. The molecule has 0 atom stereocenters. The zero-order valence-electron chi connectivity index (χ0n) is 10.9. The Morgan fingerprint density at radius 3 is 2.33 bits per heavy atom. The van der Waals surface area contributed by atoms with Gasteiger partial charge in [-0.2, -0.15) is 0 Å². The first-order valence-corrected chi connectivity index (χ1v) is 7.14. The molecule has 0 unspecified atom stereocenters. The molecule has 2 aliphatic heterocycles. The molecule has 2 heterocycles. The van der Waals surface area contributed by atoms with E-state index < -0.39 is 0 Å². The predicted octanol–water partition coefficient (Wildman–Crippen LogP) is 2.64. The molecule has 0 bridgehead atoms. The van der Waals surface area contributed by atoms with Crippen LogP contribution in [0.3, 0.4) is 0 Å². The third-order valence-corrected chi connectivity index (χ3v) is 4.59. The molecule has 0 saturated carbocycles. The average Bonchev–Trinajstić information content (AvgIpc) is 2.78. The Balaban J connectivity index is 2.40. The molecule has 0 aromatic carbocycles. The number of thioether (sulfide) groups is 1. The first-order valence-electron chi connectivity index (χ1n) is 5.92. The van der Waals surface area contributed by atoms with Crippen LogP contribution in [0.4, 0.5) is 0 Å². The Kier molecular flexibility index (Phi) is 3.68. The van der Waals surface area contributed by atoms with Crippen LogP contribution >= 0.6 is 24.0 Å². The summed E-state index contributed by atoms with van der Waals surface area (Å²) in [5, 5.41) is 1.11. The van der Waals surface area contributed by atoms with E-state index in [1.165, 1.54) is 15.5 Å². The van der Waals surface area contributed by atoms with Gasteiger partial charge in [-0.15, -0.1) is 0 Å². The number of nitrogens with zero attached hydrogens (tertiary/aromatic N) is 2. The fourth-order valence-corrected chi connectivity index (χ4v) is 3.41. The number of allylic oxidation sites excluding steroid dienone is 2. The minimum Gasteiger partial charge on any atom is -0.423 e. The van der Waals surface area contributed by atoms with Gasteiger partial charge in [-0.25, -0.2) is 0 Å². The third kappa shape index (κ3) is 1.93. The van der Waals surface area contributed by atoms with Crippen LogP contribution in [0.15, 0.2) is 21.4 Å². The highest BCUT2D eigenvalue weighted by atomic mass is 32.2. The topological polar surface area (TPSA) is 32.8 Å². The Hall–Kier alpha value is -1.01. The highest BCUT2D eigenvalue weighted by Gasteiger charge is 2.38. The Morgan fingerprint density at radius 1 is 1.22 bits per heavy atom. The van der Waals surface area contributed by atoms with Crippen LogP contribution in [-0.4, -0.2) is 34.0 Å². The number of amides is 1. The van der Waals surface area contributed by atoms with E-state index in [2.05, 4.69) is 18.7 Å². The van der Waals surface area contributed by atoms with Gasteiger partial charge in [0.15, 0.2) is 0 Å². The fourth-order valence-electron chi connectivity index (χ4n) is 1.97. The quantitative estimate of drug-likeness (QED) is 0.575. The van der Waals surface area contributed by atoms with E-state index >= 15 is 0 Å². The largest absolute Gasteiger partial charge is 0.423 e. The van der Waals surface area contributed by atoms with E-state index in [-0.39, 0.29) is 11.1 Å². The molecule has 4 nitrogen and oxygen atoms in total. The van der Waals surface area contributed by atoms with Crippen molar-refractivity contribution in [2.75, 3.05) is 13.1 Å². The van der Waals surface area contributed by atoms with E-state index in [1.54, 1.807) is 11.8 Å². The monoisotopic (exact) mass is 284 g/mol. The van der Waals surface area contributed by atoms with Gasteiger partial charge in [0, 0.05) is 23.7 Å². The first kappa shape index (κ1) is 13.4. The molecule has 98 valence electrons. The molecule has 0 aromatic rings. The molecule has 1 saturated heterocycles. The van der Waals surface area contributed by atoms with Gasteiger partial charge in [-0.3, -0.25) is 9.69 Å². The Labute approximate surface area is 117 Å². The van der Waals surface area contributed by atoms with Gasteiger partial charge < -0.3 is 9.64 Å². The molecule has 18 heavy (non-hydrogen) atoms. The van der Waals surface area contributed by atoms with Crippen molar-refractivity contribution < 1.29 is 9.53 Å². The molecule has 2 rings (SSSR count). The summed E-state index contributed by atoms with van der Waals surface area (Å²) in [5.74, 6) is 0.232. The van der Waals surface area contributed by atoms with Crippen LogP contribution < -0.4 is 0 Å². The van der Waals surface area contributed by atoms with Crippen molar-refractivity contribution in [3.8, 4) is 0 Å². The third-order valence-electron chi connectivity index (χ3n) is 3.09. The Morgan fingerprint density at radius 2 is 1.83 bits per heavy atom. The smallest absolute Gasteiger partial charge is 0.299 e. The lowest BCUT2D eigenvalue weighted by Crippen LogP contribution is -2.28. The van der Waals surface area contributed by atoms with E-state index in [9.17, 15) is 4.79 Å². The summed E-state index contributed by atoms with van der Waals surface area (Å²) >= 11 is 6.65. The number of thiocarbonyl (C=S) groups is 1. The second-order valence-electron chi connectivity index (χ2n) is 4.04. The summed E-state index contributed by atoms with van der Waals surface area (Å²) in [6, 6.07) is 0. The molecular formula is C12H16N2O2S2. The predicted molar refractivity (Wildman–Crippen MR) is 76.4 cm³/mol. The number of hydrogen-bond donors (Lipinski definition) is 0. The van der Waals surface area contributed by atoms with Crippen LogP contribution in [0.5, 0.6) is 0 Å². The van der Waals surface area contributed by atoms with Crippen molar-refractivity contribution in [3.63, 3.8) is 0 Å². The van der Waals surface area contributed by atoms with E-state index in [1.807, 2.05) is 13.8 Å². The fraction of sp³-hybridized carbons (Fsp3) is 0.500. The maximum absolute atomic E-state index is 12.2. The highest BCUT2D eigenvalue weighted by molar-refractivity contribution is 8.06. The van der Waals surface area contributed by atoms with Crippen molar-refractivity contribution >= 4 is 35.1 Å². The van der Waals surface area contributed by atoms with Crippen molar-refractivity contribution in [3.05, 3.63) is 21.4 Å². The maximum atomic E-state index is 12.2. The van der Waals surface area contributed by atoms with Crippen molar-refractivity contribution in [2.24, 2.45) is 0 Å². The SMILES string of the molecule is CCN1C(=O)/C(=C2\SC(C)=C(C)N2CC)OC1=S. The summed E-state index contributed by atoms with van der Waals surface area (Å²) in [7, 11) is 0. The molecule has 0 radical (unpaired) electrons. The van der Waals surface area contributed by atoms with Crippen molar-refractivity contribution in [2.45, 2.75) is 27.7 Å². The van der Waals surface area contributed by atoms with Crippen LogP contribution in [0.25, 0.3) is 0 Å². The molecule has 0 aliphatic carbocycles. The van der Waals surface area contributed by atoms with Gasteiger partial charge in [0.2, 0.25) is 5.76 Å². The van der Waals surface area contributed by atoms with Crippen LogP contribution in [-0.2, 0) is 9.53 Å². The van der Waals surface area contributed by atoms with Crippen LogP contribution in [0.2, 0.25) is 0 Å². The van der Waals surface area contributed by atoms with Gasteiger partial charge in [0.1, 0.15) is 5.03 Å². The van der Waals surface area contributed by atoms with Gasteiger partial charge in [-0.1, -0.05) is 11.8 Å². The van der Waals surface area contributed by atoms with Crippen LogP contribution in [0, 0.1) is 0 Å². The summed E-state index contributed by atoms with van der Waals surface area (Å²) < 4.78 is 5.49. The average molecular weight is 284 g/mol. The van der Waals surface area contributed by atoms with Gasteiger partial charge >= 0.3 is 0 Å². The summed E-state index contributed by atoms with van der Waals surface area (Å²) in [4.78, 5) is 17.0. The minimum atomic E-state index is -0.133. The summed E-state index contributed by atoms with van der Waals surface area (Å²) in [6.45, 7) is 9.38. The van der Waals surface area contributed by atoms with Gasteiger partial charge in [0.25, 0.3) is 11.1 Å². The maximum Gasteiger partial charge on any atom is 0.299 e. The van der Waals surface area contributed by atoms with Gasteiger partial charge in [0.05, 0.1) is 0 Å². The standard InChI is InChI=1S/C12H16N2O2S2/c1-5-13-7(3)8(4)18-11(13)9-10(15)14(6-2)12(17)16-9/h5-6H2,1-4H3/b11-9+. The second kappa shape index (κ2) is 4.93. The molecule has 2 aliphatic rings. The molecule has 0 aromatic heterocycles. The number of hydrogen-bond acceptors (Lipinski definition) is 5. The van der Waals surface area contributed by atoms with E-state index in [0.29, 0.717) is 12.3 Å². The number of carbonyl (C=O) groups is 1. The molecular weight excluding hydrogens is 268 g/mol. The minimum absolute atomic E-state index is 0.133. The zero-order valence-corrected chi connectivity index (χ0v) is 12.6. The number of likely N-dealkylation sites (N-methyl/N-ethyl adjacent to an activating group) is 1. The number of ether oxygens (including phenoxy) is 1. The molecule has 0 spiro atoms. The molecule has 0 N–H and O–H groups in total. The van der Waals surface area contributed by atoms with Crippen LogP contribution in [0.1, 0.15) is 27.7 Å². The number of rotatable bonds is 2. The van der Waals surface area contributed by atoms with Crippen molar-refractivity contribution in [1.29, 1.82) is 0 Å². The molecule has 6 heteroatoms. The van der Waals surface area contributed by atoms with E-state index in [4.69, 9.17) is 17.0 Å².